The van der Waals surface area contributed by atoms with E-state index in [-0.39, 0.29) is 6.04 Å². The second kappa shape index (κ2) is 7.01. The second-order valence-corrected chi connectivity index (χ2v) is 5.44. The van der Waals surface area contributed by atoms with Gasteiger partial charge in [-0.05, 0) is 48.7 Å². The van der Waals surface area contributed by atoms with Crippen LogP contribution in [0.15, 0.2) is 36.4 Å². The smallest absolute Gasteiger partial charge is 0.162 e. The Bertz CT molecular complexity index is 628. The molecule has 1 N–H and O–H groups in total. The van der Waals surface area contributed by atoms with Gasteiger partial charge in [-0.15, -0.1) is 0 Å². The summed E-state index contributed by atoms with van der Waals surface area (Å²) < 4.78 is 27.2. The third-order valence-electron chi connectivity index (χ3n) is 3.50. The molecule has 2 aromatic rings. The van der Waals surface area contributed by atoms with Crippen LogP contribution in [-0.2, 0) is 6.42 Å². The van der Waals surface area contributed by atoms with E-state index in [2.05, 4.69) is 5.32 Å². The van der Waals surface area contributed by atoms with Gasteiger partial charge >= 0.3 is 0 Å². The lowest BCUT2D eigenvalue weighted by Crippen LogP contribution is -2.23. The quantitative estimate of drug-likeness (QED) is 0.835. The van der Waals surface area contributed by atoms with E-state index in [1.165, 1.54) is 6.07 Å². The summed E-state index contributed by atoms with van der Waals surface area (Å²) in [5.74, 6) is -1.59. The Labute approximate surface area is 128 Å². The molecule has 112 valence electrons. The van der Waals surface area contributed by atoms with E-state index in [1.807, 2.05) is 32.0 Å². The number of aryl methyl sites for hydroxylation is 1. The molecule has 21 heavy (non-hydrogen) atoms. The van der Waals surface area contributed by atoms with Gasteiger partial charge in [-0.1, -0.05) is 42.8 Å². The second-order valence-electron chi connectivity index (χ2n) is 5.04. The maximum atomic E-state index is 13.8. The molecule has 0 aliphatic rings. The van der Waals surface area contributed by atoms with Crippen molar-refractivity contribution < 1.29 is 8.78 Å². The van der Waals surface area contributed by atoms with Gasteiger partial charge in [-0.2, -0.15) is 0 Å². The highest BCUT2D eigenvalue weighted by molar-refractivity contribution is 6.31. The van der Waals surface area contributed by atoms with Crippen molar-refractivity contribution in [3.63, 3.8) is 0 Å². The van der Waals surface area contributed by atoms with Gasteiger partial charge in [0, 0.05) is 11.1 Å². The summed E-state index contributed by atoms with van der Waals surface area (Å²) in [4.78, 5) is 0. The number of likely N-dealkylation sites (N-methyl/N-ethyl adjacent to an activating group) is 1. The zero-order valence-corrected chi connectivity index (χ0v) is 12.8. The molecule has 0 aliphatic heterocycles. The van der Waals surface area contributed by atoms with Crippen LogP contribution in [0.5, 0.6) is 0 Å². The number of nitrogens with one attached hydrogen (secondary N) is 1. The minimum Gasteiger partial charge on any atom is -0.310 e. The highest BCUT2D eigenvalue weighted by Gasteiger charge is 2.16. The van der Waals surface area contributed by atoms with Gasteiger partial charge in [0.05, 0.1) is 0 Å². The van der Waals surface area contributed by atoms with E-state index in [4.69, 9.17) is 11.6 Å². The molecule has 0 amide bonds. The summed E-state index contributed by atoms with van der Waals surface area (Å²) in [7, 11) is 0. The topological polar surface area (TPSA) is 12.0 Å². The van der Waals surface area contributed by atoms with Gasteiger partial charge < -0.3 is 5.32 Å². The summed E-state index contributed by atoms with van der Waals surface area (Å²) in [5, 5.41) is 3.97. The molecule has 2 aromatic carbocycles. The van der Waals surface area contributed by atoms with Gasteiger partial charge in [-0.3, -0.25) is 0 Å². The van der Waals surface area contributed by atoms with Crippen molar-refractivity contribution in [2.75, 3.05) is 6.54 Å². The van der Waals surface area contributed by atoms with Crippen molar-refractivity contribution in [1.29, 1.82) is 0 Å². The maximum absolute atomic E-state index is 13.8. The van der Waals surface area contributed by atoms with Gasteiger partial charge in [-0.25, -0.2) is 8.78 Å². The summed E-state index contributed by atoms with van der Waals surface area (Å²) in [5.41, 5.74) is 2.32. The molecule has 0 fully saturated rings. The van der Waals surface area contributed by atoms with E-state index in [0.717, 1.165) is 23.7 Å². The monoisotopic (exact) mass is 309 g/mol. The van der Waals surface area contributed by atoms with Gasteiger partial charge in [0.15, 0.2) is 11.6 Å². The van der Waals surface area contributed by atoms with Crippen molar-refractivity contribution in [2.45, 2.75) is 26.3 Å². The Balaban J connectivity index is 2.30. The Morgan fingerprint density at radius 3 is 2.62 bits per heavy atom. The molecule has 0 saturated carbocycles. The zero-order valence-electron chi connectivity index (χ0n) is 12.1. The SMILES string of the molecule is CCNC(Cc1cccc(F)c1F)c1ccc(C)c(Cl)c1. The number of rotatable bonds is 5. The highest BCUT2D eigenvalue weighted by atomic mass is 35.5. The minimum absolute atomic E-state index is 0.107. The molecule has 0 aromatic heterocycles. The van der Waals surface area contributed by atoms with Crippen LogP contribution in [0.3, 0.4) is 0 Å². The van der Waals surface area contributed by atoms with Gasteiger partial charge in [0.1, 0.15) is 0 Å². The van der Waals surface area contributed by atoms with Crippen LogP contribution in [-0.4, -0.2) is 6.54 Å². The van der Waals surface area contributed by atoms with Crippen molar-refractivity contribution in [3.05, 3.63) is 69.7 Å². The lowest BCUT2D eigenvalue weighted by molar-refractivity contribution is 0.481. The van der Waals surface area contributed by atoms with Gasteiger partial charge in [0.2, 0.25) is 0 Å². The number of benzene rings is 2. The molecular formula is C17H18ClF2N. The van der Waals surface area contributed by atoms with E-state index in [1.54, 1.807) is 6.07 Å². The molecule has 0 saturated heterocycles. The number of hydrogen-bond donors (Lipinski definition) is 1. The van der Waals surface area contributed by atoms with E-state index >= 15 is 0 Å². The molecule has 0 aliphatic carbocycles. The minimum atomic E-state index is -0.815. The van der Waals surface area contributed by atoms with Crippen LogP contribution < -0.4 is 5.32 Å². The molecule has 1 atom stereocenters. The van der Waals surface area contributed by atoms with Crippen LogP contribution in [0.25, 0.3) is 0 Å². The number of halogens is 3. The Morgan fingerprint density at radius 1 is 1.19 bits per heavy atom. The highest BCUT2D eigenvalue weighted by Crippen LogP contribution is 2.25. The summed E-state index contributed by atoms with van der Waals surface area (Å²) in [6.45, 7) is 4.64. The largest absolute Gasteiger partial charge is 0.310 e. The molecule has 0 radical (unpaired) electrons. The molecule has 1 unspecified atom stereocenters. The molecular weight excluding hydrogens is 292 g/mol. The van der Waals surface area contributed by atoms with Crippen LogP contribution >= 0.6 is 11.6 Å². The Kier molecular flexibility index (Phi) is 5.32. The summed E-state index contributed by atoms with van der Waals surface area (Å²) >= 11 is 6.16. The molecule has 4 heteroatoms. The fraction of sp³-hybridized carbons (Fsp3) is 0.294. The molecule has 2 rings (SSSR count). The predicted octanol–water partition coefficient (Wildman–Crippen LogP) is 4.82. The van der Waals surface area contributed by atoms with Crippen LogP contribution in [0, 0.1) is 18.6 Å². The van der Waals surface area contributed by atoms with Crippen molar-refractivity contribution in [2.24, 2.45) is 0 Å². The Hall–Kier alpha value is -1.45. The number of hydrogen-bond acceptors (Lipinski definition) is 1. The summed E-state index contributed by atoms with van der Waals surface area (Å²) in [6, 6.07) is 9.93. The van der Waals surface area contributed by atoms with E-state index < -0.39 is 11.6 Å². The normalized spacial score (nSPS) is 12.4. The van der Waals surface area contributed by atoms with E-state index in [9.17, 15) is 8.78 Å². The first-order valence-corrected chi connectivity index (χ1v) is 7.33. The first-order chi connectivity index (χ1) is 10.0. The average molecular weight is 310 g/mol. The van der Waals surface area contributed by atoms with Gasteiger partial charge in [0.25, 0.3) is 0 Å². The molecule has 1 nitrogen and oxygen atoms in total. The van der Waals surface area contributed by atoms with Crippen LogP contribution in [0.2, 0.25) is 5.02 Å². The van der Waals surface area contributed by atoms with Crippen molar-refractivity contribution >= 4 is 11.6 Å². The van der Waals surface area contributed by atoms with Crippen molar-refractivity contribution in [3.8, 4) is 0 Å². The predicted molar refractivity (Wildman–Crippen MR) is 82.7 cm³/mol. The first-order valence-electron chi connectivity index (χ1n) is 6.95. The average Bonchev–Trinajstić information content (AvgIpc) is 2.46. The maximum Gasteiger partial charge on any atom is 0.162 e. The zero-order chi connectivity index (χ0) is 15.4. The summed E-state index contributed by atoms with van der Waals surface area (Å²) in [6.07, 6.45) is 0.372. The fourth-order valence-corrected chi connectivity index (χ4v) is 2.50. The van der Waals surface area contributed by atoms with Crippen LogP contribution in [0.4, 0.5) is 8.78 Å². The third-order valence-corrected chi connectivity index (χ3v) is 3.91. The standard InChI is InChI=1S/C17H18ClF2N/c1-3-21-16(12-8-7-11(2)14(18)9-12)10-13-5-4-6-15(19)17(13)20/h4-9,16,21H,3,10H2,1-2H3. The third kappa shape index (κ3) is 3.80. The molecule has 0 heterocycles. The van der Waals surface area contributed by atoms with Crippen molar-refractivity contribution in [1.82, 2.24) is 5.32 Å². The molecule has 0 bridgehead atoms. The lowest BCUT2D eigenvalue weighted by atomic mass is 9.97. The Morgan fingerprint density at radius 2 is 1.95 bits per heavy atom. The first kappa shape index (κ1) is 15.9. The fourth-order valence-electron chi connectivity index (χ4n) is 2.31. The van der Waals surface area contributed by atoms with E-state index in [0.29, 0.717) is 17.0 Å². The lowest BCUT2D eigenvalue weighted by Gasteiger charge is -2.19. The molecule has 0 spiro atoms. The van der Waals surface area contributed by atoms with Crippen LogP contribution in [0.1, 0.15) is 29.7 Å².